The van der Waals surface area contributed by atoms with E-state index in [9.17, 15) is 9.90 Å². The number of aliphatic carboxylic acids is 1. The van der Waals surface area contributed by atoms with Crippen LogP contribution in [-0.4, -0.2) is 27.5 Å². The first-order valence-electron chi connectivity index (χ1n) is 11.0. The topological polar surface area (TPSA) is 110 Å². The second-order valence-electron chi connectivity index (χ2n) is 9.51. The van der Waals surface area contributed by atoms with E-state index in [2.05, 4.69) is 10.6 Å². The van der Waals surface area contributed by atoms with Crippen molar-refractivity contribution in [2.75, 3.05) is 5.06 Å². The first kappa shape index (κ1) is 23.7. The van der Waals surface area contributed by atoms with E-state index < -0.39 is 23.3 Å². The number of hydrogen-bond acceptors (Lipinski definition) is 9. The van der Waals surface area contributed by atoms with Gasteiger partial charge < -0.3 is 9.63 Å². The van der Waals surface area contributed by atoms with Crippen LogP contribution in [-0.2, 0) is 31.9 Å². The Hall–Kier alpha value is -2.99. The Morgan fingerprint density at radius 3 is 2.63 bits per heavy atom. The Labute approximate surface area is 206 Å². The summed E-state index contributed by atoms with van der Waals surface area (Å²) < 4.78 is 5.43. The fourth-order valence-corrected chi connectivity index (χ4v) is 4.41. The van der Waals surface area contributed by atoms with Crippen LogP contribution in [0.1, 0.15) is 37.7 Å². The van der Waals surface area contributed by atoms with Gasteiger partial charge in [-0.3, -0.25) is 0 Å². The summed E-state index contributed by atoms with van der Waals surface area (Å²) in [7, 11) is 0. The molecule has 2 atom stereocenters. The molecule has 0 bridgehead atoms. The zero-order valence-corrected chi connectivity index (χ0v) is 20.4. The lowest BCUT2D eigenvalue weighted by molar-refractivity contribution is -0.369. The fourth-order valence-electron chi connectivity index (χ4n) is 4.24. The number of anilines is 1. The van der Waals surface area contributed by atoms with Crippen LogP contribution in [0.4, 0.5) is 5.69 Å². The van der Waals surface area contributed by atoms with Crippen molar-refractivity contribution in [3.63, 3.8) is 0 Å². The molecule has 35 heavy (non-hydrogen) atoms. The maximum Gasteiger partial charge on any atom is 0.329 e. The maximum atomic E-state index is 12.2. The minimum atomic E-state index is -1.64. The molecule has 1 fully saturated rings. The van der Waals surface area contributed by atoms with Crippen LogP contribution in [0.25, 0.3) is 11.3 Å². The minimum Gasteiger partial charge on any atom is -0.480 e. The van der Waals surface area contributed by atoms with E-state index in [1.165, 1.54) is 10.3 Å². The van der Waals surface area contributed by atoms with Crippen molar-refractivity contribution in [2.45, 2.75) is 46.2 Å². The van der Waals surface area contributed by atoms with Gasteiger partial charge in [0.2, 0.25) is 0 Å². The number of carbonyl (C=O) groups is 1. The molecule has 2 N–H and O–H groups in total. The predicted octanol–water partition coefficient (Wildman–Crippen LogP) is 4.55. The van der Waals surface area contributed by atoms with Crippen LogP contribution in [0.3, 0.4) is 0 Å². The lowest BCUT2D eigenvalue weighted by Gasteiger charge is -2.35. The molecule has 2 aliphatic rings. The van der Waals surface area contributed by atoms with E-state index in [0.29, 0.717) is 27.7 Å². The van der Waals surface area contributed by atoms with Gasteiger partial charge in [-0.05, 0) is 35.8 Å². The van der Waals surface area contributed by atoms with Crippen LogP contribution >= 0.6 is 11.6 Å². The molecule has 184 valence electrons. The summed E-state index contributed by atoms with van der Waals surface area (Å²) in [6.45, 7) is 7.41. The molecule has 0 amide bonds. The van der Waals surface area contributed by atoms with Crippen LogP contribution in [0, 0.1) is 12.3 Å². The Morgan fingerprint density at radius 1 is 1.20 bits per heavy atom. The van der Waals surface area contributed by atoms with E-state index in [1.807, 2.05) is 51.1 Å². The molecular weight excluding hydrogens is 476 g/mol. The number of carboxylic acids is 1. The molecule has 11 heteroatoms. The van der Waals surface area contributed by atoms with Gasteiger partial charge >= 0.3 is 11.9 Å². The predicted molar refractivity (Wildman–Crippen MR) is 125 cm³/mol. The van der Waals surface area contributed by atoms with Crippen molar-refractivity contribution in [1.29, 1.82) is 0 Å². The van der Waals surface area contributed by atoms with Crippen LogP contribution in [0.2, 0.25) is 5.02 Å². The van der Waals surface area contributed by atoms with Crippen molar-refractivity contribution < 1.29 is 29.0 Å². The fraction of sp³-hybridized carbons (Fsp3) is 0.333. The molecule has 1 spiro atoms. The van der Waals surface area contributed by atoms with E-state index in [-0.39, 0.29) is 6.54 Å². The summed E-state index contributed by atoms with van der Waals surface area (Å²) in [4.78, 5) is 30.1. The Bertz CT molecular complexity index is 1260. The number of hydrogen-bond donors (Lipinski definition) is 2. The Morgan fingerprint density at radius 2 is 1.94 bits per heavy atom. The molecule has 10 nitrogen and oxygen atoms in total. The smallest absolute Gasteiger partial charge is 0.329 e. The molecule has 1 aromatic heterocycles. The highest BCUT2D eigenvalue weighted by atomic mass is 35.5. The van der Waals surface area contributed by atoms with E-state index in [0.717, 1.165) is 11.1 Å². The molecule has 2 unspecified atom stereocenters. The van der Waals surface area contributed by atoms with Gasteiger partial charge in [-0.1, -0.05) is 67.9 Å². The monoisotopic (exact) mass is 500 g/mol. The van der Waals surface area contributed by atoms with Crippen molar-refractivity contribution >= 4 is 23.3 Å². The molecule has 3 aromatic rings. The number of aromatic nitrogens is 1. The molecule has 0 radical (unpaired) electrons. The number of nitrogens with zero attached hydrogens (tertiary/aromatic N) is 3. The first-order chi connectivity index (χ1) is 16.6. The van der Waals surface area contributed by atoms with Gasteiger partial charge in [0.15, 0.2) is 6.04 Å². The second-order valence-corrected chi connectivity index (χ2v) is 9.95. The van der Waals surface area contributed by atoms with E-state index in [4.69, 9.17) is 30.7 Å². The van der Waals surface area contributed by atoms with Gasteiger partial charge in [-0.25, -0.2) is 19.5 Å². The summed E-state index contributed by atoms with van der Waals surface area (Å²) in [6.07, 6.45) is 0. The van der Waals surface area contributed by atoms with Gasteiger partial charge in [0.05, 0.1) is 17.8 Å². The van der Waals surface area contributed by atoms with Crippen molar-refractivity contribution in [1.82, 2.24) is 15.9 Å². The summed E-state index contributed by atoms with van der Waals surface area (Å²) in [5, 5.41) is 17.2. The van der Waals surface area contributed by atoms with Crippen LogP contribution in [0.5, 0.6) is 0 Å². The normalized spacial score (nSPS) is 21.0. The second kappa shape index (κ2) is 8.59. The van der Waals surface area contributed by atoms with Crippen LogP contribution in [0.15, 0.2) is 53.1 Å². The molecule has 2 aromatic carbocycles. The number of hydroxylamine groups is 4. The lowest BCUT2D eigenvalue weighted by Crippen LogP contribution is -2.51. The van der Waals surface area contributed by atoms with Gasteiger partial charge in [-0.2, -0.15) is 4.94 Å². The van der Waals surface area contributed by atoms with Gasteiger partial charge in [-0.15, -0.1) is 5.48 Å². The Balaban J connectivity index is 1.46. The van der Waals surface area contributed by atoms with Gasteiger partial charge in [0.1, 0.15) is 11.5 Å². The lowest BCUT2D eigenvalue weighted by atomic mass is 9.86. The molecule has 2 aliphatic heterocycles. The van der Waals surface area contributed by atoms with E-state index in [1.54, 1.807) is 25.1 Å². The largest absolute Gasteiger partial charge is 0.480 e. The maximum absolute atomic E-state index is 12.2. The van der Waals surface area contributed by atoms with Gasteiger partial charge in [0.25, 0.3) is 0 Å². The molecule has 5 rings (SSSR count). The zero-order chi connectivity index (χ0) is 25.0. The number of rotatable bonds is 5. The molecule has 3 heterocycles. The van der Waals surface area contributed by atoms with Gasteiger partial charge in [0, 0.05) is 16.1 Å². The van der Waals surface area contributed by atoms with Crippen LogP contribution < -0.4 is 10.5 Å². The summed E-state index contributed by atoms with van der Waals surface area (Å²) >= 11 is 6.28. The summed E-state index contributed by atoms with van der Waals surface area (Å²) in [5.74, 6) is -2.08. The first-order valence-corrected chi connectivity index (χ1v) is 11.4. The molecule has 0 saturated carbocycles. The number of benzene rings is 2. The third-order valence-corrected chi connectivity index (χ3v) is 6.13. The highest BCUT2D eigenvalue weighted by Crippen LogP contribution is 2.48. The molecule has 0 aliphatic carbocycles. The quantitative estimate of drug-likeness (QED) is 0.517. The van der Waals surface area contributed by atoms with Crippen molar-refractivity contribution in [2.24, 2.45) is 5.41 Å². The minimum absolute atomic E-state index is 0.148. The number of nitrogens with one attached hydrogen (secondary N) is 1. The highest BCUT2D eigenvalue weighted by molar-refractivity contribution is 6.30. The number of aryl methyl sites for hydroxylation is 1. The zero-order valence-electron chi connectivity index (χ0n) is 19.6. The highest BCUT2D eigenvalue weighted by Gasteiger charge is 2.57. The third kappa shape index (κ3) is 4.18. The van der Waals surface area contributed by atoms with Crippen molar-refractivity contribution in [3.05, 3.63) is 70.4 Å². The number of carboxylic acid groups (broad SMARTS) is 1. The Kier molecular flexibility index (Phi) is 5.83. The van der Waals surface area contributed by atoms with Crippen molar-refractivity contribution in [3.8, 4) is 11.3 Å². The SMILES string of the molecule is Cc1onc(-c2ccccc2)c1CN1ONC2(O1)ON(C(C(=O)O)C(C)(C)C)c1ccc(Cl)cc12. The third-order valence-electron chi connectivity index (χ3n) is 5.90. The number of halogens is 1. The standard InChI is InChI=1S/C24H25ClN4O6/c1-14-17(20(26-32-14)15-8-6-5-7-9-15)13-28-33-24(27-35-28)18-12-16(25)10-11-19(18)29(34-24)21(22(30)31)23(2,3)4/h5-12,21,27H,13H2,1-4H3,(H,30,31). The van der Waals surface area contributed by atoms with E-state index >= 15 is 0 Å². The summed E-state index contributed by atoms with van der Waals surface area (Å²) in [6, 6.07) is 13.6. The molecular formula is C24H25ClN4O6. The average Bonchev–Trinajstić information content (AvgIpc) is 3.45. The number of fused-ring (bicyclic) bond motifs is 2. The molecule has 1 saturated heterocycles. The average molecular weight is 501 g/mol. The summed E-state index contributed by atoms with van der Waals surface area (Å²) in [5.41, 5.74) is 5.38.